The number of rotatable bonds is 3. The first-order chi connectivity index (χ1) is 9.63. The number of ether oxygens (including phenoxy) is 2. The summed E-state index contributed by atoms with van der Waals surface area (Å²) >= 11 is 0. The molecule has 108 valence electrons. The van der Waals surface area contributed by atoms with Crippen molar-refractivity contribution in [1.29, 1.82) is 0 Å². The van der Waals surface area contributed by atoms with Gasteiger partial charge in [-0.2, -0.15) is 0 Å². The van der Waals surface area contributed by atoms with Gasteiger partial charge in [0, 0.05) is 18.6 Å². The predicted molar refractivity (Wildman–Crippen MR) is 70.0 cm³/mol. The summed E-state index contributed by atoms with van der Waals surface area (Å²) in [5.74, 6) is -0.630. The molecule has 20 heavy (non-hydrogen) atoms. The fraction of sp³-hybridized carbons (Fsp3) is 0.500. The van der Waals surface area contributed by atoms with E-state index in [9.17, 15) is 9.18 Å². The number of nitrogens with one attached hydrogen (secondary N) is 1. The lowest BCUT2D eigenvalue weighted by molar-refractivity contribution is -0.0162. The van der Waals surface area contributed by atoms with Gasteiger partial charge in [0.2, 0.25) is 0 Å². The van der Waals surface area contributed by atoms with Crippen LogP contribution >= 0.6 is 0 Å². The summed E-state index contributed by atoms with van der Waals surface area (Å²) in [4.78, 5) is 12.2. The van der Waals surface area contributed by atoms with Gasteiger partial charge in [0.1, 0.15) is 17.1 Å². The van der Waals surface area contributed by atoms with Crippen LogP contribution in [0.2, 0.25) is 0 Å². The quantitative estimate of drug-likeness (QED) is 0.854. The number of amides is 1. The number of hydrogen-bond acceptors (Lipinski definition) is 4. The molecule has 0 bridgehead atoms. The number of hydrogen-bond donors (Lipinski definition) is 2. The van der Waals surface area contributed by atoms with E-state index in [4.69, 9.17) is 15.2 Å². The summed E-state index contributed by atoms with van der Waals surface area (Å²) in [5.41, 5.74) is 5.93. The van der Waals surface area contributed by atoms with Crippen LogP contribution in [0.15, 0.2) is 18.2 Å². The topological polar surface area (TPSA) is 73.6 Å². The summed E-state index contributed by atoms with van der Waals surface area (Å²) in [6.45, 7) is 0.665. The minimum atomic E-state index is -0.612. The van der Waals surface area contributed by atoms with Crippen molar-refractivity contribution in [2.45, 2.75) is 24.6 Å². The van der Waals surface area contributed by atoms with Gasteiger partial charge >= 0.3 is 0 Å². The van der Waals surface area contributed by atoms with Crippen LogP contribution in [0.3, 0.4) is 0 Å². The molecular weight excluding hydrogens is 263 g/mol. The lowest BCUT2D eigenvalue weighted by atomic mass is 9.72. The first-order valence-corrected chi connectivity index (χ1v) is 6.64. The molecule has 1 aliphatic heterocycles. The molecule has 2 fully saturated rings. The predicted octanol–water partition coefficient (Wildman–Crippen LogP) is 0.679. The fourth-order valence-corrected chi connectivity index (χ4v) is 3.05. The van der Waals surface area contributed by atoms with Gasteiger partial charge in [-0.3, -0.25) is 4.79 Å². The number of carbonyl (C=O) groups excluding carboxylic acids is 1. The fourth-order valence-electron chi connectivity index (χ4n) is 3.05. The van der Waals surface area contributed by atoms with E-state index in [-0.39, 0.29) is 29.5 Å². The smallest absolute Gasteiger partial charge is 0.258 e. The summed E-state index contributed by atoms with van der Waals surface area (Å²) < 4.78 is 24.4. The second kappa shape index (κ2) is 5.03. The molecular formula is C14H17FN2O3. The monoisotopic (exact) mass is 280 g/mol. The van der Waals surface area contributed by atoms with Crippen LogP contribution in [0, 0.1) is 11.7 Å². The van der Waals surface area contributed by atoms with Gasteiger partial charge in [0.25, 0.3) is 5.91 Å². The molecule has 6 heteroatoms. The Bertz CT molecular complexity index is 537. The average molecular weight is 280 g/mol. The molecule has 5 nitrogen and oxygen atoms in total. The first kappa shape index (κ1) is 13.3. The Balaban J connectivity index is 1.77. The van der Waals surface area contributed by atoms with Crippen molar-refractivity contribution in [2.24, 2.45) is 11.7 Å². The molecule has 1 amide bonds. The van der Waals surface area contributed by atoms with Crippen molar-refractivity contribution in [3.63, 3.8) is 0 Å². The second-order valence-electron chi connectivity index (χ2n) is 5.18. The minimum Gasteiger partial charge on any atom is -0.496 e. The number of nitrogens with two attached hydrogens (primary N) is 1. The number of halogens is 1. The van der Waals surface area contributed by atoms with Gasteiger partial charge < -0.3 is 20.5 Å². The second-order valence-corrected chi connectivity index (χ2v) is 5.18. The van der Waals surface area contributed by atoms with Crippen molar-refractivity contribution in [3.8, 4) is 5.75 Å². The molecule has 0 spiro atoms. The van der Waals surface area contributed by atoms with Gasteiger partial charge in [-0.15, -0.1) is 0 Å². The number of carbonyl (C=O) groups is 1. The van der Waals surface area contributed by atoms with E-state index in [2.05, 4.69) is 5.32 Å². The summed E-state index contributed by atoms with van der Waals surface area (Å²) in [6, 6.07) is 3.88. The maximum atomic E-state index is 13.8. The largest absolute Gasteiger partial charge is 0.496 e. The van der Waals surface area contributed by atoms with Crippen LogP contribution in [-0.4, -0.2) is 37.8 Å². The Morgan fingerprint density at radius 2 is 2.35 bits per heavy atom. The lowest BCUT2D eigenvalue weighted by Crippen LogP contribution is -2.69. The maximum Gasteiger partial charge on any atom is 0.258 e. The summed E-state index contributed by atoms with van der Waals surface area (Å²) in [7, 11) is 1.40. The van der Waals surface area contributed by atoms with E-state index in [0.29, 0.717) is 12.5 Å². The van der Waals surface area contributed by atoms with E-state index < -0.39 is 11.7 Å². The Labute approximate surface area is 116 Å². The van der Waals surface area contributed by atoms with Crippen molar-refractivity contribution >= 4 is 5.91 Å². The highest BCUT2D eigenvalue weighted by Gasteiger charge is 2.52. The molecule has 4 atom stereocenters. The molecule has 1 heterocycles. The molecule has 3 N–H and O–H groups in total. The maximum absolute atomic E-state index is 13.8. The molecule has 3 rings (SSSR count). The van der Waals surface area contributed by atoms with Crippen LogP contribution < -0.4 is 15.8 Å². The zero-order valence-electron chi connectivity index (χ0n) is 11.1. The zero-order chi connectivity index (χ0) is 14.3. The van der Waals surface area contributed by atoms with E-state index >= 15 is 0 Å². The van der Waals surface area contributed by atoms with E-state index in [1.54, 1.807) is 6.07 Å². The van der Waals surface area contributed by atoms with Gasteiger partial charge in [-0.05, 0) is 18.6 Å². The van der Waals surface area contributed by atoms with Crippen molar-refractivity contribution in [1.82, 2.24) is 5.32 Å². The van der Waals surface area contributed by atoms with Crippen LogP contribution in [0.1, 0.15) is 16.8 Å². The van der Waals surface area contributed by atoms with Crippen LogP contribution in [0.4, 0.5) is 4.39 Å². The van der Waals surface area contributed by atoms with Crippen molar-refractivity contribution < 1.29 is 18.7 Å². The Hall–Kier alpha value is -1.66. The Kier molecular flexibility index (Phi) is 3.35. The van der Waals surface area contributed by atoms with E-state index in [0.717, 1.165) is 6.42 Å². The lowest BCUT2D eigenvalue weighted by Gasteiger charge is -2.45. The van der Waals surface area contributed by atoms with Gasteiger partial charge in [-0.25, -0.2) is 4.39 Å². The normalized spacial score (nSPS) is 31.4. The van der Waals surface area contributed by atoms with Crippen LogP contribution in [-0.2, 0) is 4.74 Å². The van der Waals surface area contributed by atoms with Crippen LogP contribution in [0.25, 0.3) is 0 Å². The highest BCUT2D eigenvalue weighted by molar-refractivity contribution is 5.97. The summed E-state index contributed by atoms with van der Waals surface area (Å²) in [5, 5.41) is 2.76. The molecule has 2 aliphatic rings. The molecule has 4 unspecified atom stereocenters. The molecule has 1 saturated heterocycles. The SMILES string of the molecule is COc1cccc(F)c1C(=O)NC1C(N)C2CCOC21. The van der Waals surface area contributed by atoms with Gasteiger partial charge in [0.05, 0.1) is 19.3 Å². The highest BCUT2D eigenvalue weighted by Crippen LogP contribution is 2.38. The van der Waals surface area contributed by atoms with E-state index in [1.807, 2.05) is 0 Å². The molecule has 1 aromatic carbocycles. The van der Waals surface area contributed by atoms with E-state index in [1.165, 1.54) is 19.2 Å². The van der Waals surface area contributed by atoms with Crippen molar-refractivity contribution in [3.05, 3.63) is 29.6 Å². The Morgan fingerprint density at radius 1 is 1.55 bits per heavy atom. The summed E-state index contributed by atoms with van der Waals surface area (Å²) in [6.07, 6.45) is 0.869. The zero-order valence-corrected chi connectivity index (χ0v) is 11.1. The van der Waals surface area contributed by atoms with Gasteiger partial charge in [-0.1, -0.05) is 6.07 Å². The number of methoxy groups -OCH3 is 1. The third-order valence-corrected chi connectivity index (χ3v) is 4.17. The molecule has 1 aliphatic carbocycles. The molecule has 1 saturated carbocycles. The van der Waals surface area contributed by atoms with Crippen LogP contribution in [0.5, 0.6) is 5.75 Å². The number of fused-ring (bicyclic) bond motifs is 1. The third kappa shape index (κ3) is 1.96. The number of benzene rings is 1. The van der Waals surface area contributed by atoms with Gasteiger partial charge in [0.15, 0.2) is 0 Å². The average Bonchev–Trinajstić information content (AvgIpc) is 2.88. The standard InChI is InChI=1S/C14H17FN2O3/c1-19-9-4-2-3-8(15)10(9)14(18)17-12-11(16)7-5-6-20-13(7)12/h2-4,7,11-13H,5-6,16H2,1H3,(H,17,18). The Morgan fingerprint density at radius 3 is 3.10 bits per heavy atom. The molecule has 0 aromatic heterocycles. The minimum absolute atomic E-state index is 0.0493. The molecule has 0 radical (unpaired) electrons. The first-order valence-electron chi connectivity index (χ1n) is 6.64. The molecule has 1 aromatic rings. The van der Waals surface area contributed by atoms with Crippen molar-refractivity contribution in [2.75, 3.05) is 13.7 Å². The third-order valence-electron chi connectivity index (χ3n) is 4.17. The highest BCUT2D eigenvalue weighted by atomic mass is 19.1.